The summed E-state index contributed by atoms with van der Waals surface area (Å²) in [5.74, 6) is -3.85. The lowest BCUT2D eigenvalue weighted by Gasteiger charge is -2.53. The Kier molecular flexibility index (Phi) is 3.48. The quantitative estimate of drug-likeness (QED) is 0.430. The average molecular weight is 398 g/mol. The predicted octanol–water partition coefficient (Wildman–Crippen LogP) is -1.35. The largest absolute Gasteiger partial charge is 0.390 e. The van der Waals surface area contributed by atoms with Crippen molar-refractivity contribution in [1.82, 2.24) is 0 Å². The van der Waals surface area contributed by atoms with E-state index in [1.165, 1.54) is 14.2 Å². The minimum Gasteiger partial charge on any atom is -0.390 e. The van der Waals surface area contributed by atoms with Crippen LogP contribution in [-0.4, -0.2) is 84.9 Å². The Morgan fingerprint density at radius 1 is 0.429 bits per heavy atom. The standard InChI is InChI=1S/C20H30O8/c1-25-19(26-2)11-5-6-8-7(5)13-17(23)15(21)9(11)10(12(6)19)16(22)18(24)14(8)20(13,27-3)28-4/h5-18,21-24H,1-4H3/t5?,6?,7?,8?,9?,10?,11?,12?,13?,14?,15?,16?,17-,18+. The molecule has 6 saturated carbocycles. The molecule has 2 bridgehead atoms. The molecule has 0 aliphatic heterocycles. The van der Waals surface area contributed by atoms with Gasteiger partial charge >= 0.3 is 0 Å². The maximum Gasteiger partial charge on any atom is 0.178 e. The second-order valence-corrected chi connectivity index (χ2v) is 9.79. The monoisotopic (exact) mass is 398 g/mol. The highest BCUT2D eigenvalue weighted by Crippen LogP contribution is 2.84. The van der Waals surface area contributed by atoms with Crippen LogP contribution in [-0.2, 0) is 18.9 Å². The summed E-state index contributed by atoms with van der Waals surface area (Å²) in [6.45, 7) is 0. The molecule has 6 aliphatic rings. The van der Waals surface area contributed by atoms with E-state index >= 15 is 0 Å². The number of methoxy groups -OCH3 is 4. The maximum absolute atomic E-state index is 11.3. The normalized spacial score (nSPS) is 63.4. The van der Waals surface area contributed by atoms with Gasteiger partial charge in [-0.3, -0.25) is 0 Å². The Morgan fingerprint density at radius 3 is 1.04 bits per heavy atom. The van der Waals surface area contributed by atoms with E-state index in [1.54, 1.807) is 14.2 Å². The molecule has 0 saturated heterocycles. The highest BCUT2D eigenvalue weighted by molar-refractivity contribution is 5.34. The Hall–Kier alpha value is -0.320. The Balaban J connectivity index is 1.66. The molecule has 4 N–H and O–H groups in total. The van der Waals surface area contributed by atoms with E-state index in [4.69, 9.17) is 18.9 Å². The van der Waals surface area contributed by atoms with E-state index in [2.05, 4.69) is 0 Å². The molecular weight excluding hydrogens is 368 g/mol. The first-order valence-corrected chi connectivity index (χ1v) is 10.3. The molecule has 12 unspecified atom stereocenters. The molecule has 6 rings (SSSR count). The lowest BCUT2D eigenvalue weighted by atomic mass is 9.49. The van der Waals surface area contributed by atoms with Crippen LogP contribution < -0.4 is 0 Å². The van der Waals surface area contributed by atoms with Crippen LogP contribution in [0.15, 0.2) is 0 Å². The Morgan fingerprint density at radius 2 is 0.714 bits per heavy atom. The molecule has 14 atom stereocenters. The lowest BCUT2D eigenvalue weighted by molar-refractivity contribution is -0.289. The molecule has 6 aliphatic carbocycles. The molecule has 158 valence electrons. The van der Waals surface area contributed by atoms with Gasteiger partial charge in [0.2, 0.25) is 0 Å². The van der Waals surface area contributed by atoms with Gasteiger partial charge in [0.1, 0.15) is 0 Å². The Labute approximate surface area is 163 Å². The van der Waals surface area contributed by atoms with Crippen molar-refractivity contribution in [3.8, 4) is 0 Å². The number of aliphatic hydroxyl groups excluding tert-OH is 4. The van der Waals surface area contributed by atoms with Crippen molar-refractivity contribution in [2.75, 3.05) is 28.4 Å². The van der Waals surface area contributed by atoms with Crippen molar-refractivity contribution in [2.24, 2.45) is 59.2 Å². The van der Waals surface area contributed by atoms with Crippen molar-refractivity contribution in [1.29, 1.82) is 0 Å². The zero-order valence-corrected chi connectivity index (χ0v) is 16.5. The van der Waals surface area contributed by atoms with E-state index in [9.17, 15) is 20.4 Å². The summed E-state index contributed by atoms with van der Waals surface area (Å²) in [7, 11) is 6.28. The third-order valence-electron chi connectivity index (χ3n) is 10.1. The summed E-state index contributed by atoms with van der Waals surface area (Å²) in [5.41, 5.74) is 0. The zero-order chi connectivity index (χ0) is 19.9. The zero-order valence-electron chi connectivity index (χ0n) is 16.5. The summed E-state index contributed by atoms with van der Waals surface area (Å²) < 4.78 is 23.7. The fourth-order valence-corrected chi connectivity index (χ4v) is 9.79. The molecule has 28 heavy (non-hydrogen) atoms. The van der Waals surface area contributed by atoms with Gasteiger partial charge in [0.05, 0.1) is 24.4 Å². The first kappa shape index (κ1) is 18.4. The van der Waals surface area contributed by atoms with Crippen LogP contribution in [0.2, 0.25) is 0 Å². The van der Waals surface area contributed by atoms with Crippen molar-refractivity contribution < 1.29 is 39.4 Å². The van der Waals surface area contributed by atoms with Crippen LogP contribution in [0, 0.1) is 59.2 Å². The van der Waals surface area contributed by atoms with Gasteiger partial charge in [0.15, 0.2) is 11.6 Å². The molecule has 0 spiro atoms. The fourth-order valence-electron chi connectivity index (χ4n) is 9.79. The molecule has 0 aromatic carbocycles. The molecule has 0 aromatic heterocycles. The van der Waals surface area contributed by atoms with Crippen LogP contribution in [0.3, 0.4) is 0 Å². The second kappa shape index (κ2) is 5.29. The number of rotatable bonds is 4. The van der Waals surface area contributed by atoms with Crippen LogP contribution in [0.5, 0.6) is 0 Å². The molecule has 0 amide bonds. The molecular formula is C20H30O8. The van der Waals surface area contributed by atoms with Gasteiger partial charge in [0.25, 0.3) is 0 Å². The van der Waals surface area contributed by atoms with E-state index in [-0.39, 0.29) is 35.5 Å². The number of hydrogen-bond donors (Lipinski definition) is 4. The van der Waals surface area contributed by atoms with Crippen molar-refractivity contribution >= 4 is 0 Å². The maximum atomic E-state index is 11.3. The summed E-state index contributed by atoms with van der Waals surface area (Å²) in [5, 5.41) is 45.3. The van der Waals surface area contributed by atoms with Crippen molar-refractivity contribution in [3.63, 3.8) is 0 Å². The summed E-state index contributed by atoms with van der Waals surface area (Å²) in [6, 6.07) is 0. The average Bonchev–Trinajstić information content (AvgIpc) is 3.21. The van der Waals surface area contributed by atoms with Gasteiger partial charge in [-0.05, 0) is 23.7 Å². The molecule has 6 fully saturated rings. The molecule has 0 aromatic rings. The van der Waals surface area contributed by atoms with Gasteiger partial charge in [-0.2, -0.15) is 0 Å². The number of aliphatic hydroxyl groups is 4. The summed E-state index contributed by atoms with van der Waals surface area (Å²) >= 11 is 0. The minimum absolute atomic E-state index is 0.0186. The third kappa shape index (κ3) is 1.46. The molecule has 0 heterocycles. The minimum atomic E-state index is -1.24. The smallest absolute Gasteiger partial charge is 0.178 e. The number of ether oxygens (including phenoxy) is 4. The lowest BCUT2D eigenvalue weighted by Crippen LogP contribution is -2.55. The van der Waals surface area contributed by atoms with Gasteiger partial charge in [0, 0.05) is 63.9 Å². The van der Waals surface area contributed by atoms with Gasteiger partial charge < -0.3 is 39.4 Å². The van der Waals surface area contributed by atoms with Crippen LogP contribution in [0.25, 0.3) is 0 Å². The van der Waals surface area contributed by atoms with Crippen molar-refractivity contribution in [3.05, 3.63) is 0 Å². The van der Waals surface area contributed by atoms with Crippen LogP contribution in [0.4, 0.5) is 0 Å². The van der Waals surface area contributed by atoms with Crippen LogP contribution >= 0.6 is 0 Å². The first-order valence-electron chi connectivity index (χ1n) is 10.3. The molecule has 0 radical (unpaired) electrons. The van der Waals surface area contributed by atoms with Gasteiger partial charge in [-0.1, -0.05) is 0 Å². The summed E-state index contributed by atoms with van der Waals surface area (Å²) in [4.78, 5) is 0. The van der Waals surface area contributed by atoms with Gasteiger partial charge in [-0.25, -0.2) is 0 Å². The topological polar surface area (TPSA) is 118 Å². The highest BCUT2D eigenvalue weighted by Gasteiger charge is 2.90. The van der Waals surface area contributed by atoms with Gasteiger partial charge in [-0.15, -0.1) is 0 Å². The van der Waals surface area contributed by atoms with Crippen molar-refractivity contribution in [2.45, 2.75) is 36.0 Å². The van der Waals surface area contributed by atoms with E-state index in [1.807, 2.05) is 0 Å². The molecule has 8 heteroatoms. The van der Waals surface area contributed by atoms with Crippen LogP contribution in [0.1, 0.15) is 0 Å². The SMILES string of the molecule is COC1(OC)C2C3C4C5C3C3[C@H](O)C(O)C2C(C(O)[C@H](O)C5C3(OC)OC)C41. The second-order valence-electron chi connectivity index (χ2n) is 9.79. The third-order valence-corrected chi connectivity index (χ3v) is 10.1. The number of fused-ring (bicyclic) bond motifs is 1. The Bertz CT molecular complexity index is 642. The van der Waals surface area contributed by atoms with E-state index < -0.39 is 59.7 Å². The summed E-state index contributed by atoms with van der Waals surface area (Å²) in [6.07, 6.45) is -4.30. The van der Waals surface area contributed by atoms with E-state index in [0.29, 0.717) is 0 Å². The van der Waals surface area contributed by atoms with E-state index in [0.717, 1.165) is 0 Å². The highest BCUT2D eigenvalue weighted by atomic mass is 16.7. The molecule has 8 nitrogen and oxygen atoms in total. The predicted molar refractivity (Wildman–Crippen MR) is 92.4 cm³/mol. The number of hydrogen-bond acceptors (Lipinski definition) is 8. The first-order chi connectivity index (χ1) is 13.4. The fraction of sp³-hybridized carbons (Fsp3) is 1.00.